The van der Waals surface area contributed by atoms with E-state index in [-0.39, 0.29) is 19.1 Å². The number of para-hydroxylation sites is 1. The second kappa shape index (κ2) is 8.72. The highest BCUT2D eigenvalue weighted by Crippen LogP contribution is 2.15. The molecular weight excluding hydrogens is 306 g/mol. The van der Waals surface area contributed by atoms with Crippen LogP contribution in [0.15, 0.2) is 48.5 Å². The summed E-state index contributed by atoms with van der Waals surface area (Å²) in [6.07, 6.45) is 0.937. The fourth-order valence-electron chi connectivity index (χ4n) is 2.06. The Balaban J connectivity index is 1.72. The van der Waals surface area contributed by atoms with E-state index in [2.05, 4.69) is 12.2 Å². The molecular formula is C19H21NO4. The van der Waals surface area contributed by atoms with E-state index in [0.29, 0.717) is 11.4 Å². The minimum Gasteiger partial charge on any atom is -0.482 e. The molecule has 0 radical (unpaired) electrons. The van der Waals surface area contributed by atoms with Crippen molar-refractivity contribution in [2.24, 2.45) is 0 Å². The molecule has 0 unspecified atom stereocenters. The fourth-order valence-corrected chi connectivity index (χ4v) is 2.06. The van der Waals surface area contributed by atoms with Crippen LogP contribution in [0.25, 0.3) is 0 Å². The van der Waals surface area contributed by atoms with Crippen LogP contribution >= 0.6 is 0 Å². The molecule has 2 aromatic rings. The smallest absolute Gasteiger partial charge is 0.344 e. The predicted molar refractivity (Wildman–Crippen MR) is 92.1 cm³/mol. The summed E-state index contributed by atoms with van der Waals surface area (Å²) in [6, 6.07) is 14.9. The Morgan fingerprint density at radius 2 is 1.71 bits per heavy atom. The van der Waals surface area contributed by atoms with E-state index in [1.807, 2.05) is 49.4 Å². The lowest BCUT2D eigenvalue weighted by molar-refractivity contribution is -0.149. The number of carbonyl (C=O) groups excluding carboxylic acids is 2. The van der Waals surface area contributed by atoms with Crippen LogP contribution in [-0.2, 0) is 20.7 Å². The third-order valence-electron chi connectivity index (χ3n) is 3.45. The van der Waals surface area contributed by atoms with Gasteiger partial charge in [0.15, 0.2) is 13.2 Å². The molecule has 0 heterocycles. The molecule has 0 aliphatic carbocycles. The molecule has 0 fully saturated rings. The maximum atomic E-state index is 11.8. The van der Waals surface area contributed by atoms with Gasteiger partial charge < -0.3 is 14.8 Å². The average Bonchev–Trinajstić information content (AvgIpc) is 2.60. The molecule has 0 aliphatic rings. The number of amides is 1. The second-order valence-electron chi connectivity index (χ2n) is 5.31. The normalized spacial score (nSPS) is 10.1. The lowest BCUT2D eigenvalue weighted by atomic mass is 10.1. The van der Waals surface area contributed by atoms with Gasteiger partial charge in [-0.3, -0.25) is 4.79 Å². The molecule has 2 aromatic carbocycles. The van der Waals surface area contributed by atoms with Crippen molar-refractivity contribution in [3.05, 3.63) is 59.7 Å². The van der Waals surface area contributed by atoms with Crippen molar-refractivity contribution in [3.63, 3.8) is 0 Å². The highest BCUT2D eigenvalue weighted by molar-refractivity contribution is 5.92. The van der Waals surface area contributed by atoms with Crippen molar-refractivity contribution in [3.8, 4) is 5.75 Å². The van der Waals surface area contributed by atoms with E-state index < -0.39 is 5.97 Å². The van der Waals surface area contributed by atoms with Crippen LogP contribution in [0.2, 0.25) is 0 Å². The summed E-state index contributed by atoms with van der Waals surface area (Å²) in [5, 5.41) is 2.67. The standard InChI is InChI=1S/C19H21NO4/c1-3-15-8-10-16(11-9-15)20-18(21)12-24-19(22)13-23-17-7-5-4-6-14(17)2/h4-11H,3,12-13H2,1-2H3,(H,20,21). The topological polar surface area (TPSA) is 64.6 Å². The number of carbonyl (C=O) groups is 2. The molecule has 24 heavy (non-hydrogen) atoms. The van der Waals surface area contributed by atoms with E-state index in [4.69, 9.17) is 9.47 Å². The molecule has 2 rings (SSSR count). The zero-order valence-corrected chi connectivity index (χ0v) is 13.9. The first kappa shape index (κ1) is 17.5. The lowest BCUT2D eigenvalue weighted by Crippen LogP contribution is -2.23. The SMILES string of the molecule is CCc1ccc(NC(=O)COC(=O)COc2ccccc2C)cc1. The molecule has 1 amide bonds. The predicted octanol–water partition coefficient (Wildman–Crippen LogP) is 3.12. The molecule has 1 N–H and O–H groups in total. The first-order valence-corrected chi connectivity index (χ1v) is 7.81. The molecule has 5 nitrogen and oxygen atoms in total. The number of ether oxygens (including phenoxy) is 2. The molecule has 0 atom stereocenters. The maximum absolute atomic E-state index is 11.8. The van der Waals surface area contributed by atoms with E-state index in [1.54, 1.807) is 6.07 Å². The summed E-state index contributed by atoms with van der Waals surface area (Å²) >= 11 is 0. The summed E-state index contributed by atoms with van der Waals surface area (Å²) in [7, 11) is 0. The number of esters is 1. The van der Waals surface area contributed by atoms with Crippen molar-refractivity contribution in [2.75, 3.05) is 18.5 Å². The number of benzene rings is 2. The molecule has 0 saturated carbocycles. The molecule has 5 heteroatoms. The van der Waals surface area contributed by atoms with Gasteiger partial charge in [-0.1, -0.05) is 37.3 Å². The van der Waals surface area contributed by atoms with Crippen LogP contribution in [0, 0.1) is 6.92 Å². The lowest BCUT2D eigenvalue weighted by Gasteiger charge is -2.09. The first-order valence-electron chi connectivity index (χ1n) is 7.81. The van der Waals surface area contributed by atoms with Gasteiger partial charge in [0.2, 0.25) is 0 Å². The largest absolute Gasteiger partial charge is 0.482 e. The number of hydrogen-bond donors (Lipinski definition) is 1. The van der Waals surface area contributed by atoms with Crippen LogP contribution in [0.1, 0.15) is 18.1 Å². The zero-order chi connectivity index (χ0) is 17.4. The van der Waals surface area contributed by atoms with Gasteiger partial charge in [-0.2, -0.15) is 0 Å². The molecule has 0 aromatic heterocycles. The van der Waals surface area contributed by atoms with Gasteiger partial charge in [0.25, 0.3) is 5.91 Å². The fraction of sp³-hybridized carbons (Fsp3) is 0.263. The third kappa shape index (κ3) is 5.43. The molecule has 0 saturated heterocycles. The van der Waals surface area contributed by atoms with Crippen molar-refractivity contribution >= 4 is 17.6 Å². The van der Waals surface area contributed by atoms with E-state index in [0.717, 1.165) is 12.0 Å². The Bertz CT molecular complexity index is 695. The Kier molecular flexibility index (Phi) is 6.37. The van der Waals surface area contributed by atoms with Crippen molar-refractivity contribution < 1.29 is 19.1 Å². The van der Waals surface area contributed by atoms with Gasteiger partial charge in [0.1, 0.15) is 5.75 Å². The summed E-state index contributed by atoms with van der Waals surface area (Å²) in [6.45, 7) is 3.37. The summed E-state index contributed by atoms with van der Waals surface area (Å²) in [5.74, 6) is -0.354. The Morgan fingerprint density at radius 3 is 2.38 bits per heavy atom. The number of aryl methyl sites for hydroxylation is 2. The van der Waals surface area contributed by atoms with Gasteiger partial charge in [-0.05, 0) is 42.7 Å². The van der Waals surface area contributed by atoms with Gasteiger partial charge in [-0.15, -0.1) is 0 Å². The Labute approximate surface area is 141 Å². The summed E-state index contributed by atoms with van der Waals surface area (Å²) in [4.78, 5) is 23.4. The van der Waals surface area contributed by atoms with Gasteiger partial charge in [-0.25, -0.2) is 4.79 Å². The van der Waals surface area contributed by atoms with E-state index in [1.165, 1.54) is 5.56 Å². The van der Waals surface area contributed by atoms with Crippen LogP contribution in [0.4, 0.5) is 5.69 Å². The Morgan fingerprint density at radius 1 is 1.00 bits per heavy atom. The van der Waals surface area contributed by atoms with E-state index in [9.17, 15) is 9.59 Å². The molecule has 0 spiro atoms. The summed E-state index contributed by atoms with van der Waals surface area (Å²) < 4.78 is 10.3. The van der Waals surface area contributed by atoms with Crippen LogP contribution in [-0.4, -0.2) is 25.1 Å². The number of anilines is 1. The highest BCUT2D eigenvalue weighted by atomic mass is 16.6. The first-order chi connectivity index (χ1) is 11.6. The maximum Gasteiger partial charge on any atom is 0.344 e. The van der Waals surface area contributed by atoms with Gasteiger partial charge in [0.05, 0.1) is 0 Å². The average molecular weight is 327 g/mol. The molecule has 126 valence electrons. The molecule has 0 aliphatic heterocycles. The third-order valence-corrected chi connectivity index (χ3v) is 3.45. The van der Waals surface area contributed by atoms with Crippen molar-refractivity contribution in [1.29, 1.82) is 0 Å². The van der Waals surface area contributed by atoms with Gasteiger partial charge in [0, 0.05) is 5.69 Å². The summed E-state index contributed by atoms with van der Waals surface area (Å²) in [5.41, 5.74) is 2.79. The zero-order valence-electron chi connectivity index (χ0n) is 13.9. The van der Waals surface area contributed by atoms with Crippen LogP contribution < -0.4 is 10.1 Å². The minimum atomic E-state index is -0.588. The highest BCUT2D eigenvalue weighted by Gasteiger charge is 2.09. The second-order valence-corrected chi connectivity index (χ2v) is 5.31. The van der Waals surface area contributed by atoms with Crippen LogP contribution in [0.5, 0.6) is 5.75 Å². The monoisotopic (exact) mass is 327 g/mol. The van der Waals surface area contributed by atoms with Gasteiger partial charge >= 0.3 is 5.97 Å². The number of hydrogen-bond acceptors (Lipinski definition) is 4. The van der Waals surface area contributed by atoms with Crippen LogP contribution in [0.3, 0.4) is 0 Å². The number of nitrogens with one attached hydrogen (secondary N) is 1. The number of rotatable bonds is 7. The molecule has 0 bridgehead atoms. The quantitative estimate of drug-likeness (QED) is 0.794. The van der Waals surface area contributed by atoms with Crippen molar-refractivity contribution in [1.82, 2.24) is 0 Å². The Hall–Kier alpha value is -2.82. The van der Waals surface area contributed by atoms with E-state index >= 15 is 0 Å². The van der Waals surface area contributed by atoms with Crippen molar-refractivity contribution in [2.45, 2.75) is 20.3 Å². The minimum absolute atomic E-state index is 0.233.